The molecule has 1 saturated carbocycles. The molecule has 0 unspecified atom stereocenters. The molecule has 0 spiro atoms. The topological polar surface area (TPSA) is 114 Å². The predicted molar refractivity (Wildman–Crippen MR) is 152 cm³/mol. The minimum absolute atomic E-state index is 0.104. The van der Waals surface area contributed by atoms with Crippen LogP contribution in [0, 0.1) is 13.5 Å². The molecule has 2 heterocycles. The number of nitrogens with one attached hydrogen (secondary N) is 2. The fourth-order valence-electron chi connectivity index (χ4n) is 4.79. The number of benzene rings is 2. The molecule has 2 aromatic heterocycles. The molecule has 198 valence electrons. The third kappa shape index (κ3) is 7.10. The molecule has 2 N–H and O–H groups in total. The van der Waals surface area contributed by atoms with Crippen molar-refractivity contribution in [3.63, 3.8) is 0 Å². The van der Waals surface area contributed by atoms with Gasteiger partial charge in [0.05, 0.1) is 19.4 Å². The number of hydrogen-bond donors (Lipinski definition) is 2. The first-order valence-electron chi connectivity index (χ1n) is 12.7. The molecule has 2 atom stereocenters. The molecule has 11 heteroatoms. The van der Waals surface area contributed by atoms with E-state index in [0.29, 0.717) is 22.4 Å². The van der Waals surface area contributed by atoms with Crippen LogP contribution >= 0.6 is 22.7 Å². The summed E-state index contributed by atoms with van der Waals surface area (Å²) < 4.78 is 0. The van der Waals surface area contributed by atoms with E-state index >= 15 is 0 Å². The SMILES string of the molecule is [C-]#[N+]c1cccc(CC(=O)Nc2nnc([C@H]3CCC[C@H](c4nnc(NC(=O)Cc5cccc(C)c5)s4)C3)s2)c1. The Morgan fingerprint density at radius 2 is 1.44 bits per heavy atom. The number of carbonyl (C=O) groups is 2. The number of amides is 2. The van der Waals surface area contributed by atoms with Crippen LogP contribution in [0.2, 0.25) is 0 Å². The monoisotopic (exact) mass is 557 g/mol. The van der Waals surface area contributed by atoms with E-state index in [4.69, 9.17) is 6.57 Å². The van der Waals surface area contributed by atoms with Gasteiger partial charge in [0.25, 0.3) is 0 Å². The smallest absolute Gasteiger partial charge is 0.230 e. The number of rotatable bonds is 8. The second kappa shape index (κ2) is 12.2. The van der Waals surface area contributed by atoms with E-state index in [0.717, 1.165) is 52.4 Å². The molecule has 1 aliphatic carbocycles. The Kier molecular flexibility index (Phi) is 8.34. The van der Waals surface area contributed by atoms with Crippen LogP contribution in [0.4, 0.5) is 16.0 Å². The van der Waals surface area contributed by atoms with Crippen molar-refractivity contribution in [2.75, 3.05) is 10.6 Å². The fraction of sp³-hybridized carbons (Fsp3) is 0.321. The second-order valence-electron chi connectivity index (χ2n) is 9.67. The van der Waals surface area contributed by atoms with Crippen LogP contribution in [-0.2, 0) is 22.4 Å². The van der Waals surface area contributed by atoms with Crippen LogP contribution in [0.3, 0.4) is 0 Å². The lowest BCUT2D eigenvalue weighted by atomic mass is 9.82. The van der Waals surface area contributed by atoms with E-state index in [9.17, 15) is 9.59 Å². The van der Waals surface area contributed by atoms with E-state index in [1.54, 1.807) is 18.2 Å². The van der Waals surface area contributed by atoms with Crippen molar-refractivity contribution in [1.29, 1.82) is 0 Å². The van der Waals surface area contributed by atoms with Crippen molar-refractivity contribution in [1.82, 2.24) is 20.4 Å². The summed E-state index contributed by atoms with van der Waals surface area (Å²) in [5.74, 6) is 0.172. The number of aromatic nitrogens is 4. The van der Waals surface area contributed by atoms with E-state index in [1.165, 1.54) is 22.7 Å². The Bertz CT molecular complexity index is 1520. The molecule has 1 aliphatic rings. The third-order valence-corrected chi connectivity index (χ3v) is 8.60. The maximum Gasteiger partial charge on any atom is 0.230 e. The van der Waals surface area contributed by atoms with E-state index in [1.807, 2.05) is 37.3 Å². The van der Waals surface area contributed by atoms with Crippen molar-refractivity contribution < 1.29 is 9.59 Å². The number of carbonyl (C=O) groups excluding carboxylic acids is 2. The normalized spacial score (nSPS) is 16.8. The van der Waals surface area contributed by atoms with Gasteiger partial charge >= 0.3 is 0 Å². The number of hydrogen-bond acceptors (Lipinski definition) is 8. The fourth-order valence-corrected chi connectivity index (χ4v) is 6.61. The molecule has 9 nitrogen and oxygen atoms in total. The summed E-state index contributed by atoms with van der Waals surface area (Å²) >= 11 is 2.84. The Hall–Kier alpha value is -4.01. The number of aryl methyl sites for hydroxylation is 1. The van der Waals surface area contributed by atoms with Crippen LogP contribution in [0.25, 0.3) is 4.85 Å². The van der Waals surface area contributed by atoms with Crippen molar-refractivity contribution in [2.45, 2.75) is 57.3 Å². The lowest BCUT2D eigenvalue weighted by molar-refractivity contribution is -0.116. The van der Waals surface area contributed by atoms with Gasteiger partial charge in [0, 0.05) is 11.8 Å². The van der Waals surface area contributed by atoms with Crippen molar-refractivity contribution >= 4 is 50.4 Å². The summed E-state index contributed by atoms with van der Waals surface area (Å²) in [5.41, 5.74) is 3.38. The lowest BCUT2D eigenvalue weighted by Gasteiger charge is -2.25. The van der Waals surface area contributed by atoms with Crippen LogP contribution in [0.5, 0.6) is 0 Å². The Morgan fingerprint density at radius 1 is 0.872 bits per heavy atom. The van der Waals surface area contributed by atoms with Crippen molar-refractivity contribution in [3.8, 4) is 0 Å². The van der Waals surface area contributed by atoms with Gasteiger partial charge in [-0.05, 0) is 37.3 Å². The highest BCUT2D eigenvalue weighted by Gasteiger charge is 2.29. The molecule has 0 radical (unpaired) electrons. The largest absolute Gasteiger partial charge is 0.300 e. The number of nitrogens with zero attached hydrogens (tertiary/aromatic N) is 5. The molecule has 4 aromatic rings. The molecular formula is C28H27N7O2S2. The summed E-state index contributed by atoms with van der Waals surface area (Å²) in [5, 5.41) is 25.7. The first-order chi connectivity index (χ1) is 18.9. The van der Waals surface area contributed by atoms with Crippen molar-refractivity contribution in [2.24, 2.45) is 0 Å². The molecule has 39 heavy (non-hydrogen) atoms. The molecule has 0 bridgehead atoms. The highest BCUT2D eigenvalue weighted by Crippen LogP contribution is 2.43. The van der Waals surface area contributed by atoms with Crippen LogP contribution < -0.4 is 10.6 Å². The third-order valence-electron chi connectivity index (χ3n) is 6.60. The van der Waals surface area contributed by atoms with Gasteiger partial charge < -0.3 is 10.6 Å². The zero-order valence-corrected chi connectivity index (χ0v) is 23.0. The average Bonchev–Trinajstić information content (AvgIpc) is 3.59. The van der Waals surface area contributed by atoms with Crippen LogP contribution in [0.1, 0.15) is 64.2 Å². The maximum absolute atomic E-state index is 12.5. The summed E-state index contributed by atoms with van der Waals surface area (Å²) in [4.78, 5) is 28.4. The number of anilines is 2. The standard InChI is InChI=1S/C28H27N7O2S2/c1-17-6-3-7-18(12-17)14-23(36)30-27-34-32-25(38-27)20-9-5-10-21(16-20)26-33-35-28(39-26)31-24(37)15-19-8-4-11-22(13-19)29-2/h3-4,6-8,11-13,20-21H,5,9-10,14-16H2,1H3,(H,30,34,36)(H,31,35,37)/t20-,21-/m0/s1. The molecule has 0 aliphatic heterocycles. The quantitative estimate of drug-likeness (QED) is 0.255. The van der Waals surface area contributed by atoms with E-state index in [2.05, 4.69) is 35.9 Å². The summed E-state index contributed by atoms with van der Waals surface area (Å²) in [7, 11) is 0. The molecule has 1 fully saturated rings. The van der Waals surface area contributed by atoms with Gasteiger partial charge in [-0.1, -0.05) is 83.2 Å². The van der Waals surface area contributed by atoms with E-state index < -0.39 is 0 Å². The minimum atomic E-state index is -0.188. The molecule has 2 amide bonds. The molecular weight excluding hydrogens is 530 g/mol. The van der Waals surface area contributed by atoms with E-state index in [-0.39, 0.29) is 30.1 Å². The van der Waals surface area contributed by atoms with Crippen molar-refractivity contribution in [3.05, 3.63) is 86.7 Å². The van der Waals surface area contributed by atoms with Gasteiger partial charge in [0.15, 0.2) is 5.69 Å². The Morgan fingerprint density at radius 3 is 2.00 bits per heavy atom. The second-order valence-corrected chi connectivity index (χ2v) is 11.7. The highest BCUT2D eigenvalue weighted by atomic mass is 32.1. The lowest BCUT2D eigenvalue weighted by Crippen LogP contribution is -2.14. The maximum atomic E-state index is 12.5. The predicted octanol–water partition coefficient (Wildman–Crippen LogP) is 6.05. The highest BCUT2D eigenvalue weighted by molar-refractivity contribution is 7.15. The van der Waals surface area contributed by atoms with Gasteiger partial charge in [-0.3, -0.25) is 9.59 Å². The van der Waals surface area contributed by atoms with Gasteiger partial charge in [-0.15, -0.1) is 20.4 Å². The summed E-state index contributed by atoms with van der Waals surface area (Å²) in [6.07, 6.45) is 4.38. The minimum Gasteiger partial charge on any atom is -0.300 e. The molecule has 5 rings (SSSR count). The van der Waals surface area contributed by atoms with Gasteiger partial charge in [-0.2, -0.15) is 0 Å². The Labute approximate surface area is 234 Å². The first kappa shape index (κ1) is 26.6. The van der Waals surface area contributed by atoms with Crippen LogP contribution in [0.15, 0.2) is 48.5 Å². The summed E-state index contributed by atoms with van der Waals surface area (Å²) in [6, 6.07) is 15.0. The van der Waals surface area contributed by atoms with Gasteiger partial charge in [0.1, 0.15) is 10.0 Å². The summed E-state index contributed by atoms with van der Waals surface area (Å²) in [6.45, 7) is 9.14. The average molecular weight is 558 g/mol. The van der Waals surface area contributed by atoms with Gasteiger partial charge in [0.2, 0.25) is 22.1 Å². The Balaban J connectivity index is 1.15. The molecule has 0 saturated heterocycles. The van der Waals surface area contributed by atoms with Gasteiger partial charge in [-0.25, -0.2) is 4.85 Å². The van der Waals surface area contributed by atoms with Crippen LogP contribution in [-0.4, -0.2) is 32.2 Å². The zero-order valence-electron chi connectivity index (χ0n) is 21.4. The zero-order chi connectivity index (χ0) is 27.2. The molecule has 2 aromatic carbocycles. The first-order valence-corrected chi connectivity index (χ1v) is 14.4.